The summed E-state index contributed by atoms with van der Waals surface area (Å²) in [6.07, 6.45) is 80.1. The molecule has 0 aromatic rings. The highest BCUT2D eigenvalue weighted by Gasteiger charge is 2.18. The first kappa shape index (κ1) is 64.3. The molecule has 388 valence electrons. The standard InChI is InChI=1S/C62H117NO3/c1-3-5-7-9-11-13-15-17-19-21-23-25-27-28-29-30-31-32-33-34-36-37-39-41-43-45-47-49-51-53-55-57-61(65)60(59-64)63-62(66)58-56-54-52-50-48-46-44-42-40-38-35-26-24-22-20-18-16-14-12-10-8-6-4-2/h22,24,39,41,47,49,55,57,60-61,64-65H,3-21,23,25-38,40,42-46,48,50-54,56,58-59H2,1-2H3,(H,63,66)/b24-22-,41-39+,49-47+,57-55+. The van der Waals surface area contributed by atoms with Crippen molar-refractivity contribution in [1.29, 1.82) is 0 Å². The number of rotatable bonds is 55. The van der Waals surface area contributed by atoms with E-state index in [1.807, 2.05) is 6.08 Å². The molecule has 0 aliphatic rings. The Labute approximate surface area is 414 Å². The Bertz CT molecular complexity index is 1050. The highest BCUT2D eigenvalue weighted by Crippen LogP contribution is 2.17. The van der Waals surface area contributed by atoms with E-state index in [9.17, 15) is 15.0 Å². The summed E-state index contributed by atoms with van der Waals surface area (Å²) in [7, 11) is 0. The third-order valence-electron chi connectivity index (χ3n) is 13.8. The van der Waals surface area contributed by atoms with Gasteiger partial charge in [-0.1, -0.05) is 294 Å². The molecule has 0 saturated heterocycles. The summed E-state index contributed by atoms with van der Waals surface area (Å²) in [5.41, 5.74) is 0. The number of allylic oxidation sites excluding steroid dienone is 7. The number of aliphatic hydroxyl groups is 2. The number of carbonyl (C=O) groups is 1. The fraction of sp³-hybridized carbons (Fsp3) is 0.855. The van der Waals surface area contributed by atoms with Crippen LogP contribution in [0.5, 0.6) is 0 Å². The molecule has 2 unspecified atom stereocenters. The van der Waals surface area contributed by atoms with Crippen LogP contribution in [0.4, 0.5) is 0 Å². The molecule has 0 radical (unpaired) electrons. The zero-order valence-electron chi connectivity index (χ0n) is 44.7. The van der Waals surface area contributed by atoms with Gasteiger partial charge in [0.1, 0.15) is 0 Å². The first-order valence-corrected chi connectivity index (χ1v) is 29.9. The van der Waals surface area contributed by atoms with Crippen molar-refractivity contribution >= 4 is 5.91 Å². The minimum atomic E-state index is -0.872. The second kappa shape index (κ2) is 57.7. The molecule has 0 spiro atoms. The maximum absolute atomic E-state index is 12.5. The van der Waals surface area contributed by atoms with E-state index < -0.39 is 12.1 Å². The van der Waals surface area contributed by atoms with Gasteiger partial charge in [0.05, 0.1) is 18.8 Å². The molecular formula is C62H117NO3. The third-order valence-corrected chi connectivity index (χ3v) is 13.8. The minimum absolute atomic E-state index is 0.0756. The van der Waals surface area contributed by atoms with Gasteiger partial charge in [-0.25, -0.2) is 0 Å². The van der Waals surface area contributed by atoms with Crippen molar-refractivity contribution in [3.63, 3.8) is 0 Å². The molecule has 0 rings (SSSR count). The summed E-state index contributed by atoms with van der Waals surface area (Å²) in [5.74, 6) is -0.0756. The van der Waals surface area contributed by atoms with E-state index in [-0.39, 0.29) is 12.5 Å². The number of unbranched alkanes of at least 4 members (excludes halogenated alkanes) is 42. The molecule has 3 N–H and O–H groups in total. The van der Waals surface area contributed by atoms with Crippen LogP contribution in [0.3, 0.4) is 0 Å². The van der Waals surface area contributed by atoms with Gasteiger partial charge in [-0.2, -0.15) is 0 Å². The van der Waals surface area contributed by atoms with Gasteiger partial charge in [0.2, 0.25) is 5.91 Å². The average Bonchev–Trinajstić information content (AvgIpc) is 3.32. The van der Waals surface area contributed by atoms with Crippen molar-refractivity contribution in [2.24, 2.45) is 0 Å². The average molecular weight is 925 g/mol. The zero-order valence-corrected chi connectivity index (χ0v) is 44.7. The highest BCUT2D eigenvalue weighted by molar-refractivity contribution is 5.76. The lowest BCUT2D eigenvalue weighted by molar-refractivity contribution is -0.123. The number of hydrogen-bond donors (Lipinski definition) is 3. The second-order valence-electron chi connectivity index (χ2n) is 20.4. The van der Waals surface area contributed by atoms with E-state index >= 15 is 0 Å². The number of amides is 1. The van der Waals surface area contributed by atoms with Crippen LogP contribution in [0.25, 0.3) is 0 Å². The quantitative estimate of drug-likeness (QED) is 0.0420. The van der Waals surface area contributed by atoms with Gasteiger partial charge in [-0.15, -0.1) is 0 Å². The van der Waals surface area contributed by atoms with Crippen LogP contribution in [0.15, 0.2) is 48.6 Å². The number of carbonyl (C=O) groups excluding carboxylic acids is 1. The first-order valence-electron chi connectivity index (χ1n) is 29.9. The van der Waals surface area contributed by atoms with E-state index in [4.69, 9.17) is 0 Å². The van der Waals surface area contributed by atoms with E-state index in [1.54, 1.807) is 6.08 Å². The summed E-state index contributed by atoms with van der Waals surface area (Å²) in [6.45, 7) is 4.32. The summed E-state index contributed by atoms with van der Waals surface area (Å²) in [6, 6.07) is -0.648. The Balaban J connectivity index is 3.53. The minimum Gasteiger partial charge on any atom is -0.394 e. The molecule has 1 amide bonds. The van der Waals surface area contributed by atoms with Crippen molar-refractivity contribution in [1.82, 2.24) is 5.32 Å². The van der Waals surface area contributed by atoms with Gasteiger partial charge >= 0.3 is 0 Å². The van der Waals surface area contributed by atoms with Crippen LogP contribution < -0.4 is 5.32 Å². The lowest BCUT2D eigenvalue weighted by Gasteiger charge is -2.19. The Morgan fingerprint density at radius 3 is 0.879 bits per heavy atom. The van der Waals surface area contributed by atoms with Gasteiger partial charge in [0.15, 0.2) is 0 Å². The molecule has 0 aromatic carbocycles. The SMILES string of the molecule is CCCCCCCCCC/C=C\CCCCCCCCCCCCCC(=O)NC(CO)C(O)/C=C/CC/C=C/CC/C=C/CCCCCCCCCCCCCCCCCCCCCCC. The summed E-state index contributed by atoms with van der Waals surface area (Å²) in [4.78, 5) is 12.5. The maximum atomic E-state index is 12.5. The van der Waals surface area contributed by atoms with Crippen LogP contribution in [0.2, 0.25) is 0 Å². The fourth-order valence-corrected chi connectivity index (χ4v) is 9.21. The topological polar surface area (TPSA) is 69.6 Å². The van der Waals surface area contributed by atoms with Gasteiger partial charge in [0.25, 0.3) is 0 Å². The van der Waals surface area contributed by atoms with Crippen molar-refractivity contribution < 1.29 is 15.0 Å². The van der Waals surface area contributed by atoms with E-state index in [0.29, 0.717) is 6.42 Å². The van der Waals surface area contributed by atoms with Gasteiger partial charge in [0, 0.05) is 6.42 Å². The van der Waals surface area contributed by atoms with Crippen LogP contribution in [-0.4, -0.2) is 34.9 Å². The monoisotopic (exact) mass is 924 g/mol. The van der Waals surface area contributed by atoms with Gasteiger partial charge < -0.3 is 15.5 Å². The largest absolute Gasteiger partial charge is 0.394 e. The third kappa shape index (κ3) is 53.3. The Morgan fingerprint density at radius 2 is 0.591 bits per heavy atom. The van der Waals surface area contributed by atoms with Crippen molar-refractivity contribution in [3.05, 3.63) is 48.6 Å². The molecule has 0 bridgehead atoms. The normalized spacial score (nSPS) is 13.1. The molecule has 0 aliphatic heterocycles. The lowest BCUT2D eigenvalue weighted by atomic mass is 10.0. The van der Waals surface area contributed by atoms with Crippen molar-refractivity contribution in [3.8, 4) is 0 Å². The molecule has 0 aliphatic carbocycles. The number of nitrogens with one attached hydrogen (secondary N) is 1. The molecule has 0 saturated carbocycles. The van der Waals surface area contributed by atoms with Crippen LogP contribution in [-0.2, 0) is 4.79 Å². The van der Waals surface area contributed by atoms with Gasteiger partial charge in [-0.3, -0.25) is 4.79 Å². The first-order chi connectivity index (χ1) is 32.7. The second-order valence-corrected chi connectivity index (χ2v) is 20.4. The molecule has 4 heteroatoms. The summed E-state index contributed by atoms with van der Waals surface area (Å²) < 4.78 is 0. The number of hydrogen-bond acceptors (Lipinski definition) is 3. The summed E-state index contributed by atoms with van der Waals surface area (Å²) >= 11 is 0. The van der Waals surface area contributed by atoms with Gasteiger partial charge in [-0.05, 0) is 70.6 Å². The fourth-order valence-electron chi connectivity index (χ4n) is 9.21. The molecule has 0 fully saturated rings. The summed E-state index contributed by atoms with van der Waals surface area (Å²) in [5, 5.41) is 23.2. The molecule has 0 aromatic heterocycles. The van der Waals surface area contributed by atoms with Crippen LogP contribution in [0.1, 0.15) is 322 Å². The predicted octanol–water partition coefficient (Wildman–Crippen LogP) is 19.8. The van der Waals surface area contributed by atoms with Crippen LogP contribution >= 0.6 is 0 Å². The molecule has 2 atom stereocenters. The number of aliphatic hydroxyl groups excluding tert-OH is 2. The molecule has 4 nitrogen and oxygen atoms in total. The maximum Gasteiger partial charge on any atom is 0.220 e. The van der Waals surface area contributed by atoms with E-state index in [0.717, 1.165) is 38.5 Å². The highest BCUT2D eigenvalue weighted by atomic mass is 16.3. The predicted molar refractivity (Wildman–Crippen MR) is 295 cm³/mol. The smallest absolute Gasteiger partial charge is 0.220 e. The van der Waals surface area contributed by atoms with Crippen molar-refractivity contribution in [2.75, 3.05) is 6.61 Å². The molecule has 0 heterocycles. The molecular weight excluding hydrogens is 807 g/mol. The Kier molecular flexibility index (Phi) is 56.2. The zero-order chi connectivity index (χ0) is 47.7. The van der Waals surface area contributed by atoms with Crippen LogP contribution in [0, 0.1) is 0 Å². The van der Waals surface area contributed by atoms with E-state index in [2.05, 4.69) is 55.6 Å². The molecule has 66 heavy (non-hydrogen) atoms. The Morgan fingerprint density at radius 1 is 0.348 bits per heavy atom. The lowest BCUT2D eigenvalue weighted by Crippen LogP contribution is -2.45. The Hall–Kier alpha value is -1.65. The van der Waals surface area contributed by atoms with Crippen molar-refractivity contribution in [2.45, 2.75) is 334 Å². The van der Waals surface area contributed by atoms with E-state index in [1.165, 1.54) is 263 Å².